The summed E-state index contributed by atoms with van der Waals surface area (Å²) in [6.07, 6.45) is 4.94. The number of hydrogen-bond acceptors (Lipinski definition) is 6. The highest BCUT2D eigenvalue weighted by atomic mass is 32.2. The molecule has 0 bridgehead atoms. The van der Waals surface area contributed by atoms with Crippen molar-refractivity contribution in [1.29, 1.82) is 0 Å². The largest absolute Gasteiger partial charge is 0.370 e. The molecule has 0 aliphatic carbocycles. The zero-order valence-corrected chi connectivity index (χ0v) is 13.6. The van der Waals surface area contributed by atoms with Crippen molar-refractivity contribution >= 4 is 34.2 Å². The number of nitrogens with one attached hydrogen (secondary N) is 2. The van der Waals surface area contributed by atoms with Gasteiger partial charge in [0.05, 0.1) is 0 Å². The van der Waals surface area contributed by atoms with Gasteiger partial charge in [-0.3, -0.25) is 4.21 Å². The summed E-state index contributed by atoms with van der Waals surface area (Å²) in [5.74, 6) is 3.31. The second-order valence-corrected chi connectivity index (χ2v) is 7.29. The van der Waals surface area contributed by atoms with Gasteiger partial charge in [0.2, 0.25) is 0 Å². The normalized spacial score (nSPS) is 22.5. The molecule has 0 amide bonds. The molecule has 7 heteroatoms. The summed E-state index contributed by atoms with van der Waals surface area (Å²) in [6.45, 7) is 3.04. The van der Waals surface area contributed by atoms with Gasteiger partial charge in [0.1, 0.15) is 11.6 Å². The third-order valence-electron chi connectivity index (χ3n) is 3.18. The van der Waals surface area contributed by atoms with Gasteiger partial charge in [-0.1, -0.05) is 18.7 Å². The number of rotatable bonds is 6. The lowest BCUT2D eigenvalue weighted by Gasteiger charge is -2.23. The Morgan fingerprint density at radius 1 is 1.35 bits per heavy atom. The van der Waals surface area contributed by atoms with Crippen LogP contribution in [-0.4, -0.2) is 44.5 Å². The maximum absolute atomic E-state index is 11.4. The van der Waals surface area contributed by atoms with Gasteiger partial charge in [-0.05, 0) is 25.5 Å². The molecule has 1 aliphatic heterocycles. The van der Waals surface area contributed by atoms with Crippen molar-refractivity contribution in [1.82, 2.24) is 9.97 Å². The van der Waals surface area contributed by atoms with Crippen molar-refractivity contribution in [3.63, 3.8) is 0 Å². The lowest BCUT2D eigenvalue weighted by Crippen LogP contribution is -2.29. The molecule has 0 unspecified atom stereocenters. The second-order valence-electron chi connectivity index (χ2n) is 4.82. The number of aromatic nitrogens is 2. The van der Waals surface area contributed by atoms with Gasteiger partial charge < -0.3 is 10.6 Å². The van der Waals surface area contributed by atoms with Crippen LogP contribution < -0.4 is 10.6 Å². The predicted octanol–water partition coefficient (Wildman–Crippen LogP) is 2.34. The Balaban J connectivity index is 2.03. The molecule has 1 fully saturated rings. The summed E-state index contributed by atoms with van der Waals surface area (Å²) in [4.78, 5) is 8.94. The molecule has 2 heterocycles. The fraction of sp³-hybridized carbons (Fsp3) is 0.692. The van der Waals surface area contributed by atoms with E-state index in [9.17, 15) is 4.21 Å². The van der Waals surface area contributed by atoms with Gasteiger partial charge in [-0.2, -0.15) is 0 Å². The summed E-state index contributed by atoms with van der Waals surface area (Å²) in [6, 6.07) is 2.33. The molecule has 1 aliphatic rings. The second kappa shape index (κ2) is 7.83. The highest BCUT2D eigenvalue weighted by Crippen LogP contribution is 2.20. The van der Waals surface area contributed by atoms with Gasteiger partial charge >= 0.3 is 0 Å². The SMILES string of the molecule is CCCNc1cc(NC2CCS(=O)CC2)nc(SC)n1. The minimum absolute atomic E-state index is 0.372. The topological polar surface area (TPSA) is 66.9 Å². The van der Waals surface area contributed by atoms with Crippen LogP contribution in [0, 0.1) is 0 Å². The summed E-state index contributed by atoms with van der Waals surface area (Å²) in [5, 5.41) is 7.53. The Kier molecular flexibility index (Phi) is 6.09. The van der Waals surface area contributed by atoms with E-state index in [0.717, 1.165) is 54.1 Å². The van der Waals surface area contributed by atoms with E-state index in [1.165, 1.54) is 0 Å². The number of anilines is 2. The Bertz CT molecular complexity index is 460. The van der Waals surface area contributed by atoms with Crippen LogP contribution in [0.25, 0.3) is 0 Å². The average molecular weight is 314 g/mol. The van der Waals surface area contributed by atoms with Crippen molar-refractivity contribution < 1.29 is 4.21 Å². The highest BCUT2D eigenvalue weighted by Gasteiger charge is 2.18. The summed E-state index contributed by atoms with van der Waals surface area (Å²) in [5.41, 5.74) is 0. The van der Waals surface area contributed by atoms with Crippen LogP contribution in [0.5, 0.6) is 0 Å². The van der Waals surface area contributed by atoms with E-state index in [4.69, 9.17) is 0 Å². The molecular formula is C13H22N4OS2. The van der Waals surface area contributed by atoms with Gasteiger partial charge in [0, 0.05) is 41.0 Å². The van der Waals surface area contributed by atoms with Crippen LogP contribution in [0.2, 0.25) is 0 Å². The standard InChI is InChI=1S/C13H22N4OS2/c1-3-6-14-11-9-12(17-13(16-11)19-2)15-10-4-7-20(18)8-5-10/h9-10H,3-8H2,1-2H3,(H2,14,15,16,17). The van der Waals surface area contributed by atoms with E-state index >= 15 is 0 Å². The number of thioether (sulfide) groups is 1. The fourth-order valence-electron chi connectivity index (χ4n) is 2.08. The predicted molar refractivity (Wildman–Crippen MR) is 87.1 cm³/mol. The monoisotopic (exact) mass is 314 g/mol. The first-order valence-corrected chi connectivity index (χ1v) is 9.71. The van der Waals surface area contributed by atoms with Crippen LogP contribution in [0.4, 0.5) is 11.6 Å². The van der Waals surface area contributed by atoms with Crippen LogP contribution in [0.15, 0.2) is 11.2 Å². The molecule has 5 nitrogen and oxygen atoms in total. The van der Waals surface area contributed by atoms with Crippen LogP contribution in [0.1, 0.15) is 26.2 Å². The summed E-state index contributed by atoms with van der Waals surface area (Å²) >= 11 is 1.54. The lowest BCUT2D eigenvalue weighted by molar-refractivity contribution is 0.621. The molecule has 2 N–H and O–H groups in total. The van der Waals surface area contributed by atoms with Crippen molar-refractivity contribution in [2.24, 2.45) is 0 Å². The smallest absolute Gasteiger partial charge is 0.191 e. The minimum Gasteiger partial charge on any atom is -0.370 e. The van der Waals surface area contributed by atoms with Crippen molar-refractivity contribution in [2.45, 2.75) is 37.4 Å². The Morgan fingerprint density at radius 2 is 2.05 bits per heavy atom. The molecule has 2 rings (SSSR count). The van der Waals surface area contributed by atoms with E-state index in [-0.39, 0.29) is 0 Å². The number of hydrogen-bond donors (Lipinski definition) is 2. The van der Waals surface area contributed by atoms with E-state index in [1.54, 1.807) is 11.8 Å². The Hall–Kier alpha value is -0.820. The lowest BCUT2D eigenvalue weighted by atomic mass is 10.1. The van der Waals surface area contributed by atoms with Crippen LogP contribution in [0.3, 0.4) is 0 Å². The summed E-state index contributed by atoms with van der Waals surface area (Å²) in [7, 11) is -0.623. The zero-order valence-electron chi connectivity index (χ0n) is 12.0. The van der Waals surface area contributed by atoms with Crippen LogP contribution in [-0.2, 0) is 10.8 Å². The Labute approximate surface area is 127 Å². The van der Waals surface area contributed by atoms with Gasteiger partial charge in [0.15, 0.2) is 5.16 Å². The molecule has 0 spiro atoms. The van der Waals surface area contributed by atoms with Crippen LogP contribution >= 0.6 is 11.8 Å². The maximum atomic E-state index is 11.4. The molecular weight excluding hydrogens is 292 g/mol. The molecule has 0 aromatic carbocycles. The van der Waals surface area contributed by atoms with E-state index in [2.05, 4.69) is 27.5 Å². The van der Waals surface area contributed by atoms with Gasteiger partial charge in [-0.15, -0.1) is 0 Å². The molecule has 1 aromatic heterocycles. The zero-order chi connectivity index (χ0) is 14.4. The quantitative estimate of drug-likeness (QED) is 0.620. The van der Waals surface area contributed by atoms with Crippen molar-refractivity contribution in [3.8, 4) is 0 Å². The van der Waals surface area contributed by atoms with E-state index in [0.29, 0.717) is 6.04 Å². The van der Waals surface area contributed by atoms with Gasteiger partial charge in [-0.25, -0.2) is 9.97 Å². The maximum Gasteiger partial charge on any atom is 0.191 e. The Morgan fingerprint density at radius 3 is 2.70 bits per heavy atom. The first kappa shape index (κ1) is 15.6. The average Bonchev–Trinajstić information content (AvgIpc) is 2.47. The molecule has 0 radical (unpaired) electrons. The van der Waals surface area contributed by atoms with Crippen molar-refractivity contribution in [3.05, 3.63) is 6.07 Å². The molecule has 0 atom stereocenters. The molecule has 1 aromatic rings. The first-order valence-electron chi connectivity index (χ1n) is 6.99. The fourth-order valence-corrected chi connectivity index (χ4v) is 3.76. The molecule has 112 valence electrons. The third-order valence-corrected chi connectivity index (χ3v) is 5.11. The summed E-state index contributed by atoms with van der Waals surface area (Å²) < 4.78 is 11.4. The molecule has 20 heavy (non-hydrogen) atoms. The number of nitrogens with zero attached hydrogens (tertiary/aromatic N) is 2. The van der Waals surface area contributed by atoms with Crippen molar-refractivity contribution in [2.75, 3.05) is 34.9 Å². The first-order chi connectivity index (χ1) is 9.71. The van der Waals surface area contributed by atoms with Gasteiger partial charge in [0.25, 0.3) is 0 Å². The third kappa shape index (κ3) is 4.63. The van der Waals surface area contributed by atoms with E-state index < -0.39 is 10.8 Å². The highest BCUT2D eigenvalue weighted by molar-refractivity contribution is 7.98. The molecule has 0 saturated carbocycles. The molecule has 1 saturated heterocycles. The van der Waals surface area contributed by atoms with E-state index in [1.807, 2.05) is 12.3 Å². The minimum atomic E-state index is -0.623.